The number of hydrogen-bond donors (Lipinski definition) is 0. The van der Waals surface area contributed by atoms with E-state index in [1.165, 1.54) is 68.1 Å². The van der Waals surface area contributed by atoms with Crippen molar-refractivity contribution >= 4 is 6.08 Å². The van der Waals surface area contributed by atoms with Gasteiger partial charge in [-0.15, -0.1) is 0 Å². The van der Waals surface area contributed by atoms with Crippen molar-refractivity contribution in [3.63, 3.8) is 0 Å². The summed E-state index contributed by atoms with van der Waals surface area (Å²) in [5, 5.41) is 0. The molecule has 0 unspecified atom stereocenters. The van der Waals surface area contributed by atoms with Crippen molar-refractivity contribution in [1.82, 2.24) is 0 Å². The summed E-state index contributed by atoms with van der Waals surface area (Å²) in [6.45, 7) is 6.55. The summed E-state index contributed by atoms with van der Waals surface area (Å²) in [6, 6.07) is 6.90. The maximum Gasteiger partial charge on any atom is -0.0228 e. The highest BCUT2D eigenvalue weighted by Crippen LogP contribution is 2.16. The van der Waals surface area contributed by atoms with E-state index in [4.69, 9.17) is 0 Å². The maximum absolute atomic E-state index is 2.35. The molecule has 0 aromatic heterocycles. The van der Waals surface area contributed by atoms with Crippen LogP contribution in [0.2, 0.25) is 0 Å². The molecule has 0 nitrogen and oxygen atoms in total. The van der Waals surface area contributed by atoms with Gasteiger partial charge in [-0.05, 0) is 43.4 Å². The van der Waals surface area contributed by atoms with E-state index in [1.54, 1.807) is 0 Å². The third kappa shape index (κ3) is 6.61. The second-order valence-electron chi connectivity index (χ2n) is 5.56. The summed E-state index contributed by atoms with van der Waals surface area (Å²) in [7, 11) is 0. The third-order valence-corrected chi connectivity index (χ3v) is 3.76. The lowest BCUT2D eigenvalue weighted by Gasteiger charge is -2.06. The fraction of sp³-hybridized carbons (Fsp3) is 0.579. The van der Waals surface area contributed by atoms with E-state index in [0.717, 1.165) is 0 Å². The predicted molar refractivity (Wildman–Crippen MR) is 87.6 cm³/mol. The smallest absolute Gasteiger partial charge is 0.0228 e. The van der Waals surface area contributed by atoms with Crippen molar-refractivity contribution < 1.29 is 0 Å². The highest BCUT2D eigenvalue weighted by molar-refractivity contribution is 5.54. The van der Waals surface area contributed by atoms with Crippen LogP contribution in [0.25, 0.3) is 6.08 Å². The first kappa shape index (κ1) is 16.0. The molecule has 0 spiro atoms. The summed E-state index contributed by atoms with van der Waals surface area (Å²) in [5.74, 6) is 0. The van der Waals surface area contributed by atoms with E-state index in [2.05, 4.69) is 51.1 Å². The Bertz CT molecular complexity index is 374. The molecule has 1 aromatic carbocycles. The molecule has 0 fully saturated rings. The van der Waals surface area contributed by atoms with Crippen molar-refractivity contribution in [2.45, 2.75) is 72.1 Å². The van der Waals surface area contributed by atoms with Crippen LogP contribution in [-0.4, -0.2) is 0 Å². The average molecular weight is 258 g/mol. The molecule has 19 heavy (non-hydrogen) atoms. The van der Waals surface area contributed by atoms with Crippen LogP contribution in [0, 0.1) is 6.92 Å². The lowest BCUT2D eigenvalue weighted by atomic mass is 10.00. The SMILES string of the molecule is C/C=C/c1cc(CCCCCCCCC)ccc1C. The summed E-state index contributed by atoms with van der Waals surface area (Å²) < 4.78 is 0. The molecular formula is C19H30. The minimum atomic E-state index is 1.23. The number of benzene rings is 1. The van der Waals surface area contributed by atoms with Gasteiger partial charge in [0.15, 0.2) is 0 Å². The summed E-state index contributed by atoms with van der Waals surface area (Å²) in [4.78, 5) is 0. The molecule has 0 radical (unpaired) electrons. The van der Waals surface area contributed by atoms with Gasteiger partial charge in [0.05, 0.1) is 0 Å². The molecule has 0 amide bonds. The molecular weight excluding hydrogens is 228 g/mol. The van der Waals surface area contributed by atoms with Crippen molar-refractivity contribution in [3.8, 4) is 0 Å². The molecule has 0 N–H and O–H groups in total. The van der Waals surface area contributed by atoms with Gasteiger partial charge in [-0.3, -0.25) is 0 Å². The van der Waals surface area contributed by atoms with Gasteiger partial charge < -0.3 is 0 Å². The lowest BCUT2D eigenvalue weighted by molar-refractivity contribution is 0.589. The van der Waals surface area contributed by atoms with E-state index in [0.29, 0.717) is 0 Å². The van der Waals surface area contributed by atoms with Crippen LogP contribution >= 0.6 is 0 Å². The van der Waals surface area contributed by atoms with E-state index in [9.17, 15) is 0 Å². The Labute approximate surface area is 119 Å². The van der Waals surface area contributed by atoms with E-state index in [1.807, 2.05) is 0 Å². The number of rotatable bonds is 9. The number of hydrogen-bond acceptors (Lipinski definition) is 0. The number of unbranched alkanes of at least 4 members (excludes halogenated alkanes) is 6. The molecule has 0 aliphatic rings. The molecule has 1 aromatic rings. The molecule has 0 aliphatic carbocycles. The zero-order valence-corrected chi connectivity index (χ0v) is 13.0. The topological polar surface area (TPSA) is 0 Å². The Hall–Kier alpha value is -1.04. The Morgan fingerprint density at radius 1 is 0.947 bits per heavy atom. The molecule has 0 saturated carbocycles. The van der Waals surface area contributed by atoms with Crippen molar-refractivity contribution in [2.24, 2.45) is 0 Å². The second kappa shape index (κ2) is 9.83. The molecule has 1 rings (SSSR count). The van der Waals surface area contributed by atoms with Crippen LogP contribution in [0.5, 0.6) is 0 Å². The largest absolute Gasteiger partial charge is 0.0871 e. The van der Waals surface area contributed by atoms with Crippen LogP contribution in [0.4, 0.5) is 0 Å². The summed E-state index contributed by atoms with van der Waals surface area (Å²) in [6.07, 6.45) is 15.3. The fourth-order valence-corrected chi connectivity index (χ4v) is 2.49. The predicted octanol–water partition coefficient (Wildman–Crippen LogP) is 6.32. The van der Waals surface area contributed by atoms with Crippen molar-refractivity contribution in [3.05, 3.63) is 41.0 Å². The van der Waals surface area contributed by atoms with E-state index in [-0.39, 0.29) is 0 Å². The maximum atomic E-state index is 2.35. The van der Waals surface area contributed by atoms with Crippen LogP contribution < -0.4 is 0 Å². The molecule has 0 atom stereocenters. The van der Waals surface area contributed by atoms with Crippen LogP contribution in [0.15, 0.2) is 24.3 Å². The van der Waals surface area contributed by atoms with Gasteiger partial charge in [0.25, 0.3) is 0 Å². The lowest BCUT2D eigenvalue weighted by Crippen LogP contribution is -1.89. The Morgan fingerprint density at radius 3 is 2.32 bits per heavy atom. The molecule has 0 heterocycles. The van der Waals surface area contributed by atoms with E-state index < -0.39 is 0 Å². The third-order valence-electron chi connectivity index (χ3n) is 3.76. The molecule has 0 heteroatoms. The first-order valence-corrected chi connectivity index (χ1v) is 8.00. The molecule has 106 valence electrons. The monoisotopic (exact) mass is 258 g/mol. The highest BCUT2D eigenvalue weighted by Gasteiger charge is 1.98. The van der Waals surface area contributed by atoms with Crippen LogP contribution in [0.3, 0.4) is 0 Å². The minimum Gasteiger partial charge on any atom is -0.0871 e. The Morgan fingerprint density at radius 2 is 1.63 bits per heavy atom. The molecule has 0 bridgehead atoms. The van der Waals surface area contributed by atoms with Gasteiger partial charge in [-0.1, -0.05) is 75.8 Å². The number of allylic oxidation sites excluding steroid dienone is 1. The van der Waals surface area contributed by atoms with Gasteiger partial charge >= 0.3 is 0 Å². The first-order valence-electron chi connectivity index (χ1n) is 8.00. The van der Waals surface area contributed by atoms with Crippen LogP contribution in [-0.2, 0) is 6.42 Å². The van der Waals surface area contributed by atoms with E-state index >= 15 is 0 Å². The normalized spacial score (nSPS) is 11.3. The fourth-order valence-electron chi connectivity index (χ4n) is 2.49. The van der Waals surface area contributed by atoms with Gasteiger partial charge in [-0.25, -0.2) is 0 Å². The second-order valence-corrected chi connectivity index (χ2v) is 5.56. The number of aryl methyl sites for hydroxylation is 2. The van der Waals surface area contributed by atoms with Crippen molar-refractivity contribution in [2.75, 3.05) is 0 Å². The van der Waals surface area contributed by atoms with Gasteiger partial charge in [0.2, 0.25) is 0 Å². The Balaban J connectivity index is 2.27. The van der Waals surface area contributed by atoms with Crippen LogP contribution in [0.1, 0.15) is 75.5 Å². The minimum absolute atomic E-state index is 1.23. The average Bonchev–Trinajstić information content (AvgIpc) is 2.41. The van der Waals surface area contributed by atoms with Gasteiger partial charge in [0.1, 0.15) is 0 Å². The first-order chi connectivity index (χ1) is 9.27. The van der Waals surface area contributed by atoms with Crippen molar-refractivity contribution in [1.29, 1.82) is 0 Å². The van der Waals surface area contributed by atoms with Gasteiger partial charge in [-0.2, -0.15) is 0 Å². The summed E-state index contributed by atoms with van der Waals surface area (Å²) >= 11 is 0. The highest BCUT2D eigenvalue weighted by atomic mass is 14.0. The standard InChI is InChI=1S/C19H30/c1-4-6-7-8-9-10-11-13-18-15-14-17(3)19(16-18)12-5-2/h5,12,14-16H,4,6-11,13H2,1-3H3/b12-5+. The zero-order valence-electron chi connectivity index (χ0n) is 13.0. The summed E-state index contributed by atoms with van der Waals surface area (Å²) in [5.41, 5.74) is 4.25. The molecule has 0 saturated heterocycles. The van der Waals surface area contributed by atoms with Gasteiger partial charge in [0, 0.05) is 0 Å². The Kier molecular flexibility index (Phi) is 8.29. The molecule has 0 aliphatic heterocycles. The quantitative estimate of drug-likeness (QED) is 0.454. The zero-order chi connectivity index (χ0) is 13.9.